The third kappa shape index (κ3) is 4.55. The Morgan fingerprint density at radius 2 is 1.83 bits per heavy atom. The Balaban J connectivity index is 1.54. The lowest BCUT2D eigenvalue weighted by Gasteiger charge is -2.30. The molecule has 2 aromatic rings. The molecular weight excluding hydrogens is 428 g/mol. The van der Waals surface area contributed by atoms with Gasteiger partial charge in [0.2, 0.25) is 0 Å². The minimum absolute atomic E-state index is 0.0506. The van der Waals surface area contributed by atoms with Crippen LogP contribution in [0.3, 0.4) is 0 Å². The first-order chi connectivity index (χ1) is 13.6. The fourth-order valence-electron chi connectivity index (χ4n) is 4.38. The van der Waals surface area contributed by atoms with Gasteiger partial charge in [0.05, 0.1) is 6.67 Å². The minimum atomic E-state index is -4.70. The topological polar surface area (TPSA) is 54.6 Å². The summed E-state index contributed by atoms with van der Waals surface area (Å²) in [5.74, 6) is -0.229. The second kappa shape index (κ2) is 7.50. The van der Waals surface area contributed by atoms with Gasteiger partial charge in [-0.15, -0.1) is 13.2 Å². The van der Waals surface area contributed by atoms with Gasteiger partial charge in [0.25, 0.3) is 0 Å². The summed E-state index contributed by atoms with van der Waals surface area (Å²) in [7, 11) is 0. The fraction of sp³-hybridized carbons (Fsp3) is 0.421. The van der Waals surface area contributed by atoms with Gasteiger partial charge in [-0.05, 0) is 42.7 Å². The summed E-state index contributed by atoms with van der Waals surface area (Å²) in [4.78, 5) is 8.48. The summed E-state index contributed by atoms with van der Waals surface area (Å²) >= 11 is 12.1. The number of ether oxygens (including phenoxy) is 1. The Kier molecular flexibility index (Phi) is 5.31. The summed E-state index contributed by atoms with van der Waals surface area (Å²) in [6, 6.07) is 9.61. The van der Waals surface area contributed by atoms with Crippen LogP contribution in [0.25, 0.3) is 0 Å². The molecule has 3 heterocycles. The van der Waals surface area contributed by atoms with E-state index < -0.39 is 6.36 Å². The van der Waals surface area contributed by atoms with Gasteiger partial charge in [0.1, 0.15) is 16.1 Å². The van der Waals surface area contributed by atoms with Gasteiger partial charge in [-0.3, -0.25) is 4.90 Å². The van der Waals surface area contributed by atoms with Crippen LogP contribution in [0.4, 0.5) is 18.9 Å². The highest BCUT2D eigenvalue weighted by atomic mass is 35.5. The Morgan fingerprint density at radius 3 is 2.45 bits per heavy atom. The lowest BCUT2D eigenvalue weighted by atomic mass is 9.88. The minimum Gasteiger partial charge on any atom is -0.406 e. The van der Waals surface area contributed by atoms with Crippen molar-refractivity contribution in [2.24, 2.45) is 5.73 Å². The van der Waals surface area contributed by atoms with E-state index in [1.54, 1.807) is 24.3 Å². The molecule has 4 rings (SSSR count). The molecule has 0 spiro atoms. The smallest absolute Gasteiger partial charge is 0.406 e. The summed E-state index contributed by atoms with van der Waals surface area (Å²) in [6.07, 6.45) is -3.25. The van der Waals surface area contributed by atoms with Crippen molar-refractivity contribution in [1.82, 2.24) is 9.88 Å². The second-order valence-corrected chi connectivity index (χ2v) is 8.36. The van der Waals surface area contributed by atoms with Crippen LogP contribution in [0.15, 0.2) is 36.4 Å². The summed E-state index contributed by atoms with van der Waals surface area (Å²) in [5, 5.41) is 0.649. The molecule has 0 unspecified atom stereocenters. The van der Waals surface area contributed by atoms with Crippen molar-refractivity contribution in [2.45, 2.75) is 30.8 Å². The average Bonchev–Trinajstić information content (AvgIpc) is 3.06. The summed E-state index contributed by atoms with van der Waals surface area (Å²) < 4.78 is 41.1. The molecule has 2 saturated heterocycles. The number of hydrogen-bond donors (Lipinski definition) is 1. The van der Waals surface area contributed by atoms with Crippen LogP contribution in [0.5, 0.6) is 5.75 Å². The van der Waals surface area contributed by atoms with E-state index in [2.05, 4.69) is 19.5 Å². The Bertz CT molecular complexity index is 876. The maximum Gasteiger partial charge on any atom is 0.573 e. The van der Waals surface area contributed by atoms with Gasteiger partial charge in [-0.1, -0.05) is 35.3 Å². The van der Waals surface area contributed by atoms with E-state index in [9.17, 15) is 13.2 Å². The molecule has 2 fully saturated rings. The van der Waals surface area contributed by atoms with Gasteiger partial charge in [-0.2, -0.15) is 0 Å². The molecule has 1 aromatic heterocycles. The number of alkyl halides is 3. The van der Waals surface area contributed by atoms with Gasteiger partial charge >= 0.3 is 6.36 Å². The highest BCUT2D eigenvalue weighted by Gasteiger charge is 2.50. The fourth-order valence-corrected chi connectivity index (χ4v) is 4.83. The predicted molar refractivity (Wildman–Crippen MR) is 105 cm³/mol. The van der Waals surface area contributed by atoms with Crippen molar-refractivity contribution in [3.8, 4) is 5.75 Å². The first-order valence-electron chi connectivity index (χ1n) is 9.05. The van der Waals surface area contributed by atoms with Crippen LogP contribution >= 0.6 is 23.2 Å². The number of fused-ring (bicyclic) bond motifs is 1. The highest BCUT2D eigenvalue weighted by molar-refractivity contribution is 6.32. The molecule has 156 valence electrons. The molecule has 0 aliphatic carbocycles. The monoisotopic (exact) mass is 446 g/mol. The van der Waals surface area contributed by atoms with E-state index in [1.165, 1.54) is 12.1 Å². The van der Waals surface area contributed by atoms with Crippen LogP contribution in [0, 0.1) is 0 Å². The maximum absolute atomic E-state index is 12.4. The molecular formula is C19H19Cl2F3N4O. The van der Waals surface area contributed by atoms with E-state index in [0.29, 0.717) is 29.9 Å². The third-order valence-electron chi connectivity index (χ3n) is 5.40. The Labute approximate surface area is 176 Å². The molecule has 10 heteroatoms. The van der Waals surface area contributed by atoms with Crippen molar-refractivity contribution < 1.29 is 17.9 Å². The largest absolute Gasteiger partial charge is 0.573 e. The lowest BCUT2D eigenvalue weighted by Crippen LogP contribution is -2.42. The van der Waals surface area contributed by atoms with Crippen molar-refractivity contribution in [1.29, 1.82) is 0 Å². The molecule has 0 amide bonds. The number of anilines is 1. The molecule has 2 aliphatic heterocycles. The van der Waals surface area contributed by atoms with E-state index in [0.717, 1.165) is 24.2 Å². The SMILES string of the molecule is N[C@@H]1CN2CN(c3cc(Cl)nc(Cl)c3)C[C@@]2(Cc2ccc(OC(F)(F)F)cc2)C1. The van der Waals surface area contributed by atoms with Gasteiger partial charge < -0.3 is 15.4 Å². The number of rotatable bonds is 4. The maximum atomic E-state index is 12.4. The molecule has 2 atom stereocenters. The number of benzene rings is 1. The first kappa shape index (κ1) is 20.5. The second-order valence-electron chi connectivity index (χ2n) is 7.59. The van der Waals surface area contributed by atoms with Gasteiger partial charge in [0.15, 0.2) is 0 Å². The van der Waals surface area contributed by atoms with Crippen LogP contribution in [0.1, 0.15) is 12.0 Å². The Hall–Kier alpha value is -1.74. The molecule has 1 aromatic carbocycles. The number of nitrogens with zero attached hydrogens (tertiary/aromatic N) is 3. The molecule has 29 heavy (non-hydrogen) atoms. The normalized spacial score (nSPS) is 24.8. The van der Waals surface area contributed by atoms with Crippen molar-refractivity contribution in [3.63, 3.8) is 0 Å². The van der Waals surface area contributed by atoms with Gasteiger partial charge in [-0.25, -0.2) is 4.98 Å². The van der Waals surface area contributed by atoms with Crippen LogP contribution in [0.2, 0.25) is 10.3 Å². The zero-order chi connectivity index (χ0) is 20.8. The molecule has 0 radical (unpaired) electrons. The Morgan fingerprint density at radius 1 is 1.17 bits per heavy atom. The number of pyridine rings is 1. The number of halogens is 5. The summed E-state index contributed by atoms with van der Waals surface area (Å²) in [5.41, 5.74) is 7.82. The zero-order valence-corrected chi connectivity index (χ0v) is 16.8. The quantitative estimate of drug-likeness (QED) is 0.717. The molecule has 5 nitrogen and oxygen atoms in total. The number of hydrogen-bond acceptors (Lipinski definition) is 5. The van der Waals surface area contributed by atoms with Crippen LogP contribution < -0.4 is 15.4 Å². The lowest BCUT2D eigenvalue weighted by molar-refractivity contribution is -0.274. The van der Waals surface area contributed by atoms with Crippen molar-refractivity contribution in [3.05, 3.63) is 52.3 Å². The standard InChI is InChI=1S/C19H19Cl2F3N4O/c20-16-5-14(6-17(21)26-16)27-10-18(8-13(25)9-28(18)11-27)7-12-1-3-15(4-2-12)29-19(22,23)24/h1-6,13H,7-11,25H2/t13-,18+/m0/s1. The average molecular weight is 447 g/mol. The molecule has 2 N–H and O–H groups in total. The number of aromatic nitrogens is 1. The molecule has 2 aliphatic rings. The van der Waals surface area contributed by atoms with E-state index in [4.69, 9.17) is 28.9 Å². The first-order valence-corrected chi connectivity index (χ1v) is 9.81. The highest BCUT2D eigenvalue weighted by Crippen LogP contribution is 2.40. The molecule has 0 bridgehead atoms. The van der Waals surface area contributed by atoms with E-state index >= 15 is 0 Å². The van der Waals surface area contributed by atoms with Gasteiger partial charge in [0, 0.05) is 30.4 Å². The van der Waals surface area contributed by atoms with Crippen LogP contribution in [-0.2, 0) is 6.42 Å². The van der Waals surface area contributed by atoms with E-state index in [-0.39, 0.29) is 17.3 Å². The van der Waals surface area contributed by atoms with E-state index in [1.807, 2.05) is 0 Å². The predicted octanol–water partition coefficient (Wildman–Crippen LogP) is 4.08. The third-order valence-corrected chi connectivity index (χ3v) is 5.78. The zero-order valence-electron chi connectivity index (χ0n) is 15.3. The summed E-state index contributed by atoms with van der Waals surface area (Å²) in [6.45, 7) is 2.12. The molecule has 0 saturated carbocycles. The van der Waals surface area contributed by atoms with Crippen LogP contribution in [-0.4, -0.2) is 47.6 Å². The number of nitrogens with two attached hydrogens (primary N) is 1. The van der Waals surface area contributed by atoms with Crippen molar-refractivity contribution in [2.75, 3.05) is 24.7 Å². The van der Waals surface area contributed by atoms with Crippen molar-refractivity contribution >= 4 is 28.9 Å².